The predicted molar refractivity (Wildman–Crippen MR) is 77.0 cm³/mol. The largest absolute Gasteiger partial charge is 0.339 e. The van der Waals surface area contributed by atoms with Gasteiger partial charge in [0.1, 0.15) is 0 Å². The van der Waals surface area contributed by atoms with Crippen molar-refractivity contribution in [1.29, 1.82) is 0 Å². The molecule has 1 rings (SSSR count). The number of carbonyl (C=O) groups is 1. The van der Waals surface area contributed by atoms with Crippen LogP contribution in [0.2, 0.25) is 0 Å². The first-order chi connectivity index (χ1) is 8.51. The van der Waals surface area contributed by atoms with Crippen molar-refractivity contribution in [3.63, 3.8) is 0 Å². The predicted octanol–water partition coefficient (Wildman–Crippen LogP) is 3.68. The fraction of sp³-hybridized carbons (Fsp3) is 0.562. The van der Waals surface area contributed by atoms with E-state index >= 15 is 0 Å². The Bertz CT molecular complexity index is 406. The molecule has 1 amide bonds. The molecule has 0 atom stereocenters. The highest BCUT2D eigenvalue weighted by atomic mass is 16.2. The average molecular weight is 247 g/mol. The van der Waals surface area contributed by atoms with Crippen LogP contribution in [-0.2, 0) is 6.42 Å². The van der Waals surface area contributed by atoms with Crippen LogP contribution in [0.15, 0.2) is 18.2 Å². The SMILES string of the molecule is CCN(CC)C(=O)c1c(C)cccc1CC(C)C. The summed E-state index contributed by atoms with van der Waals surface area (Å²) < 4.78 is 0. The number of benzene rings is 1. The third-order valence-electron chi connectivity index (χ3n) is 3.25. The zero-order chi connectivity index (χ0) is 13.7. The maximum atomic E-state index is 12.6. The van der Waals surface area contributed by atoms with Gasteiger partial charge in [0.15, 0.2) is 0 Å². The van der Waals surface area contributed by atoms with Crippen molar-refractivity contribution in [2.24, 2.45) is 5.92 Å². The fourth-order valence-electron chi connectivity index (χ4n) is 2.31. The molecule has 0 aromatic heterocycles. The minimum atomic E-state index is 0.175. The summed E-state index contributed by atoms with van der Waals surface area (Å²) in [5.74, 6) is 0.740. The second-order valence-corrected chi connectivity index (χ2v) is 5.18. The van der Waals surface area contributed by atoms with E-state index in [2.05, 4.69) is 19.9 Å². The number of hydrogen-bond donors (Lipinski definition) is 0. The molecule has 0 bridgehead atoms. The van der Waals surface area contributed by atoms with Gasteiger partial charge in [-0.25, -0.2) is 0 Å². The standard InChI is InChI=1S/C16H25NO/c1-6-17(7-2)16(18)15-13(5)9-8-10-14(15)11-12(3)4/h8-10,12H,6-7,11H2,1-5H3. The van der Waals surface area contributed by atoms with Crippen LogP contribution in [0.4, 0.5) is 0 Å². The number of carbonyl (C=O) groups excluding carboxylic acids is 1. The third-order valence-corrected chi connectivity index (χ3v) is 3.25. The molecule has 1 aromatic carbocycles. The van der Waals surface area contributed by atoms with E-state index in [4.69, 9.17) is 0 Å². The Morgan fingerprint density at radius 1 is 1.22 bits per heavy atom. The Balaban J connectivity index is 3.16. The zero-order valence-corrected chi connectivity index (χ0v) is 12.3. The van der Waals surface area contributed by atoms with Gasteiger partial charge < -0.3 is 4.90 Å². The fourth-order valence-corrected chi connectivity index (χ4v) is 2.31. The van der Waals surface area contributed by atoms with Gasteiger partial charge in [-0.15, -0.1) is 0 Å². The summed E-state index contributed by atoms with van der Waals surface area (Å²) in [7, 11) is 0. The van der Waals surface area contributed by atoms with Crippen LogP contribution >= 0.6 is 0 Å². The van der Waals surface area contributed by atoms with Gasteiger partial charge in [0, 0.05) is 18.7 Å². The van der Waals surface area contributed by atoms with E-state index in [0.29, 0.717) is 5.92 Å². The number of nitrogens with zero attached hydrogens (tertiary/aromatic N) is 1. The molecule has 0 saturated carbocycles. The van der Waals surface area contributed by atoms with Gasteiger partial charge in [-0.1, -0.05) is 32.0 Å². The van der Waals surface area contributed by atoms with E-state index in [1.165, 1.54) is 5.56 Å². The highest BCUT2D eigenvalue weighted by molar-refractivity contribution is 5.97. The third kappa shape index (κ3) is 3.34. The van der Waals surface area contributed by atoms with Crippen molar-refractivity contribution in [3.8, 4) is 0 Å². The van der Waals surface area contributed by atoms with Gasteiger partial charge in [0.2, 0.25) is 0 Å². The topological polar surface area (TPSA) is 20.3 Å². The molecule has 0 aliphatic heterocycles. The van der Waals surface area contributed by atoms with Crippen LogP contribution in [0.5, 0.6) is 0 Å². The van der Waals surface area contributed by atoms with Gasteiger partial charge >= 0.3 is 0 Å². The van der Waals surface area contributed by atoms with Gasteiger partial charge in [0.25, 0.3) is 5.91 Å². The molecule has 0 saturated heterocycles. The molecule has 0 spiro atoms. The van der Waals surface area contributed by atoms with Crippen LogP contribution in [0.1, 0.15) is 49.2 Å². The molecule has 0 fully saturated rings. The van der Waals surface area contributed by atoms with Gasteiger partial charge in [-0.3, -0.25) is 4.79 Å². The van der Waals surface area contributed by atoms with Crippen molar-refractivity contribution in [2.45, 2.75) is 41.0 Å². The Hall–Kier alpha value is -1.31. The van der Waals surface area contributed by atoms with E-state index in [9.17, 15) is 4.79 Å². The second kappa shape index (κ2) is 6.58. The maximum absolute atomic E-state index is 12.6. The van der Waals surface area contributed by atoms with E-state index in [0.717, 1.165) is 30.6 Å². The summed E-state index contributed by atoms with van der Waals surface area (Å²) in [4.78, 5) is 14.5. The number of rotatable bonds is 5. The molecule has 18 heavy (non-hydrogen) atoms. The smallest absolute Gasteiger partial charge is 0.254 e. The summed E-state index contributed by atoms with van der Waals surface area (Å²) in [5.41, 5.74) is 3.18. The molecule has 0 unspecified atom stereocenters. The zero-order valence-electron chi connectivity index (χ0n) is 12.3. The minimum Gasteiger partial charge on any atom is -0.339 e. The number of aryl methyl sites for hydroxylation is 1. The minimum absolute atomic E-state index is 0.175. The Labute approximate surface area is 111 Å². The highest BCUT2D eigenvalue weighted by Gasteiger charge is 2.18. The summed E-state index contributed by atoms with van der Waals surface area (Å²) in [6, 6.07) is 6.16. The first-order valence-corrected chi connectivity index (χ1v) is 6.88. The Morgan fingerprint density at radius 3 is 2.33 bits per heavy atom. The number of hydrogen-bond acceptors (Lipinski definition) is 1. The molecule has 2 nitrogen and oxygen atoms in total. The number of amides is 1. The molecule has 0 heterocycles. The van der Waals surface area contributed by atoms with Crippen molar-refractivity contribution in [3.05, 3.63) is 34.9 Å². The average Bonchev–Trinajstić information content (AvgIpc) is 2.29. The van der Waals surface area contributed by atoms with Gasteiger partial charge in [0.05, 0.1) is 0 Å². The lowest BCUT2D eigenvalue weighted by Crippen LogP contribution is -2.32. The monoisotopic (exact) mass is 247 g/mol. The van der Waals surface area contributed by atoms with Gasteiger partial charge in [-0.05, 0) is 44.2 Å². The molecular weight excluding hydrogens is 222 g/mol. The van der Waals surface area contributed by atoms with Crippen LogP contribution < -0.4 is 0 Å². The lowest BCUT2D eigenvalue weighted by atomic mass is 9.94. The van der Waals surface area contributed by atoms with Crippen molar-refractivity contribution in [1.82, 2.24) is 4.90 Å². The van der Waals surface area contributed by atoms with Crippen molar-refractivity contribution >= 4 is 5.91 Å². The lowest BCUT2D eigenvalue weighted by Gasteiger charge is -2.22. The van der Waals surface area contributed by atoms with Crippen LogP contribution in [-0.4, -0.2) is 23.9 Å². The molecular formula is C16H25NO. The molecule has 1 aromatic rings. The Morgan fingerprint density at radius 2 is 1.83 bits per heavy atom. The summed E-state index contributed by atoms with van der Waals surface area (Å²) in [6.45, 7) is 12.0. The summed E-state index contributed by atoms with van der Waals surface area (Å²) in [6.07, 6.45) is 0.962. The maximum Gasteiger partial charge on any atom is 0.254 e. The second-order valence-electron chi connectivity index (χ2n) is 5.18. The van der Waals surface area contributed by atoms with Crippen molar-refractivity contribution in [2.75, 3.05) is 13.1 Å². The highest BCUT2D eigenvalue weighted by Crippen LogP contribution is 2.19. The normalized spacial score (nSPS) is 10.8. The molecule has 100 valence electrons. The summed E-state index contributed by atoms with van der Waals surface area (Å²) >= 11 is 0. The quantitative estimate of drug-likeness (QED) is 0.777. The Kier molecular flexibility index (Phi) is 5.39. The first kappa shape index (κ1) is 14.7. The van der Waals surface area contributed by atoms with E-state index in [1.807, 2.05) is 37.8 Å². The first-order valence-electron chi connectivity index (χ1n) is 6.88. The summed E-state index contributed by atoms with van der Waals surface area (Å²) in [5, 5.41) is 0. The van der Waals surface area contributed by atoms with E-state index < -0.39 is 0 Å². The molecule has 0 radical (unpaired) electrons. The molecule has 0 aliphatic carbocycles. The lowest BCUT2D eigenvalue weighted by molar-refractivity contribution is 0.0771. The van der Waals surface area contributed by atoms with Crippen LogP contribution in [0.25, 0.3) is 0 Å². The molecule has 0 aliphatic rings. The molecule has 0 N–H and O–H groups in total. The van der Waals surface area contributed by atoms with E-state index in [-0.39, 0.29) is 5.91 Å². The van der Waals surface area contributed by atoms with Gasteiger partial charge in [-0.2, -0.15) is 0 Å². The molecule has 2 heteroatoms. The van der Waals surface area contributed by atoms with Crippen molar-refractivity contribution < 1.29 is 4.79 Å². The van der Waals surface area contributed by atoms with E-state index in [1.54, 1.807) is 0 Å². The van der Waals surface area contributed by atoms with Crippen LogP contribution in [0, 0.1) is 12.8 Å². The van der Waals surface area contributed by atoms with Crippen LogP contribution in [0.3, 0.4) is 0 Å².